The second-order valence-corrected chi connectivity index (χ2v) is 8.25. The van der Waals surface area contributed by atoms with Crippen molar-refractivity contribution in [1.82, 2.24) is 4.57 Å². The van der Waals surface area contributed by atoms with Gasteiger partial charge in [-0.25, -0.2) is 4.99 Å². The van der Waals surface area contributed by atoms with Gasteiger partial charge in [0.1, 0.15) is 11.6 Å². The number of fused-ring (bicyclic) bond motifs is 1. The highest BCUT2D eigenvalue weighted by Crippen LogP contribution is 2.39. The van der Waals surface area contributed by atoms with E-state index in [4.69, 9.17) is 16.2 Å². The van der Waals surface area contributed by atoms with Gasteiger partial charge in [0.05, 0.1) is 24.1 Å². The molecule has 1 aromatic carbocycles. The molecule has 148 valence electrons. The zero-order chi connectivity index (χ0) is 20.8. The Morgan fingerprint density at radius 3 is 2.61 bits per heavy atom. The first-order valence-electron chi connectivity index (χ1n) is 9.26. The molecule has 1 aliphatic rings. The fourth-order valence-electron chi connectivity index (χ4n) is 4.09. The van der Waals surface area contributed by atoms with Gasteiger partial charge < -0.3 is 20.8 Å². The van der Waals surface area contributed by atoms with Crippen molar-refractivity contribution in [3.05, 3.63) is 53.1 Å². The summed E-state index contributed by atoms with van der Waals surface area (Å²) in [7, 11) is 1.59. The zero-order valence-corrected chi connectivity index (χ0v) is 17.2. The van der Waals surface area contributed by atoms with Crippen molar-refractivity contribution in [3.8, 4) is 11.4 Å². The van der Waals surface area contributed by atoms with Crippen molar-refractivity contribution < 1.29 is 9.53 Å². The van der Waals surface area contributed by atoms with Crippen LogP contribution in [0.25, 0.3) is 5.69 Å². The van der Waals surface area contributed by atoms with Gasteiger partial charge in [-0.3, -0.25) is 4.79 Å². The summed E-state index contributed by atoms with van der Waals surface area (Å²) in [5.41, 5.74) is 17.4. The summed E-state index contributed by atoms with van der Waals surface area (Å²) >= 11 is 0. The van der Waals surface area contributed by atoms with Crippen LogP contribution in [0.5, 0.6) is 5.75 Å². The number of methoxy groups -OCH3 is 1. The number of aromatic nitrogens is 1. The lowest BCUT2D eigenvalue weighted by Gasteiger charge is -2.30. The lowest BCUT2D eigenvalue weighted by atomic mass is 9.75. The number of benzene rings is 1. The molecule has 2 aromatic rings. The summed E-state index contributed by atoms with van der Waals surface area (Å²) in [5.74, 6) is 1.00. The monoisotopic (exact) mass is 380 g/mol. The number of ketones is 1. The minimum absolute atomic E-state index is 0.0765. The van der Waals surface area contributed by atoms with Crippen LogP contribution in [0.4, 0.5) is 5.69 Å². The highest BCUT2D eigenvalue weighted by atomic mass is 16.5. The molecular weight excluding hydrogens is 352 g/mol. The maximum atomic E-state index is 12.7. The Hall–Kier alpha value is -3.02. The Morgan fingerprint density at radius 1 is 1.32 bits per heavy atom. The SMILES string of the molecule is C=C(N)N=C(C)c1c(N)cc(-n2cc(C)c3c2CC(C)(C)CC3=O)cc1OC. The van der Waals surface area contributed by atoms with Crippen LogP contribution >= 0.6 is 0 Å². The minimum Gasteiger partial charge on any atom is -0.496 e. The Morgan fingerprint density at radius 2 is 2.00 bits per heavy atom. The van der Waals surface area contributed by atoms with Crippen LogP contribution in [0.2, 0.25) is 0 Å². The molecule has 1 aliphatic carbocycles. The third kappa shape index (κ3) is 3.42. The second-order valence-electron chi connectivity index (χ2n) is 8.25. The molecule has 3 rings (SSSR count). The van der Waals surface area contributed by atoms with E-state index in [9.17, 15) is 4.79 Å². The van der Waals surface area contributed by atoms with Crippen molar-refractivity contribution in [2.45, 2.75) is 40.5 Å². The Balaban J connectivity index is 2.20. The van der Waals surface area contributed by atoms with Crippen LogP contribution in [0.15, 0.2) is 35.7 Å². The largest absolute Gasteiger partial charge is 0.496 e. The summed E-state index contributed by atoms with van der Waals surface area (Å²) in [6.07, 6.45) is 3.38. The number of nitrogen functional groups attached to an aromatic ring is 1. The molecule has 0 spiro atoms. The number of Topliss-reactive ketones (excluding diaryl/α,β-unsaturated/α-hetero) is 1. The Labute approximate surface area is 165 Å². The Kier molecular flexibility index (Phi) is 4.83. The van der Waals surface area contributed by atoms with Gasteiger partial charge in [-0.05, 0) is 37.3 Å². The van der Waals surface area contributed by atoms with Crippen molar-refractivity contribution in [3.63, 3.8) is 0 Å². The third-order valence-electron chi connectivity index (χ3n) is 5.15. The van der Waals surface area contributed by atoms with E-state index in [1.165, 1.54) is 0 Å². The first-order chi connectivity index (χ1) is 13.0. The predicted molar refractivity (Wildman–Crippen MR) is 113 cm³/mol. The summed E-state index contributed by atoms with van der Waals surface area (Å²) in [6, 6.07) is 3.79. The summed E-state index contributed by atoms with van der Waals surface area (Å²) in [6.45, 7) is 11.7. The summed E-state index contributed by atoms with van der Waals surface area (Å²) < 4.78 is 7.65. The highest BCUT2D eigenvalue weighted by Gasteiger charge is 2.35. The molecule has 1 aromatic heterocycles. The standard InChI is InChI=1S/C22H28N4O2/c1-12-11-26(17-9-22(4,5)10-18(27)20(12)17)15-7-16(24)21(19(8-15)28-6)13(2)25-14(3)23/h7-8,11H,3,9-10,23-24H2,1-2,4-6H3. The van der Waals surface area contributed by atoms with Gasteiger partial charge in [0.25, 0.3) is 0 Å². The van der Waals surface area contributed by atoms with Gasteiger partial charge in [0.2, 0.25) is 0 Å². The fraction of sp³-hybridized carbons (Fsp3) is 0.364. The molecule has 0 radical (unpaired) electrons. The lowest BCUT2D eigenvalue weighted by molar-refractivity contribution is 0.0910. The van der Waals surface area contributed by atoms with Crippen LogP contribution in [-0.2, 0) is 6.42 Å². The molecule has 0 atom stereocenters. The quantitative estimate of drug-likeness (QED) is 0.623. The first-order valence-corrected chi connectivity index (χ1v) is 9.26. The maximum absolute atomic E-state index is 12.7. The molecule has 0 amide bonds. The molecule has 0 fully saturated rings. The van der Waals surface area contributed by atoms with Gasteiger partial charge >= 0.3 is 0 Å². The number of aliphatic imine (C=N–C) groups is 1. The van der Waals surface area contributed by atoms with E-state index < -0.39 is 0 Å². The van der Waals surface area contributed by atoms with Crippen LogP contribution in [0.1, 0.15) is 54.4 Å². The van der Waals surface area contributed by atoms with Crippen LogP contribution in [-0.4, -0.2) is 23.2 Å². The van der Waals surface area contributed by atoms with Gasteiger partial charge in [0.15, 0.2) is 5.78 Å². The topological polar surface area (TPSA) is 95.6 Å². The van der Waals surface area contributed by atoms with Crippen LogP contribution in [0.3, 0.4) is 0 Å². The number of carbonyl (C=O) groups is 1. The van der Waals surface area contributed by atoms with E-state index in [-0.39, 0.29) is 17.0 Å². The zero-order valence-electron chi connectivity index (χ0n) is 17.2. The van der Waals surface area contributed by atoms with Gasteiger partial charge in [-0.15, -0.1) is 0 Å². The number of rotatable bonds is 4. The van der Waals surface area contributed by atoms with Crippen molar-refractivity contribution in [2.24, 2.45) is 16.1 Å². The van der Waals surface area contributed by atoms with Gasteiger partial charge in [-0.2, -0.15) is 0 Å². The smallest absolute Gasteiger partial charge is 0.165 e. The molecule has 6 nitrogen and oxygen atoms in total. The number of ether oxygens (including phenoxy) is 1. The van der Waals surface area contributed by atoms with Crippen molar-refractivity contribution in [1.29, 1.82) is 0 Å². The third-order valence-corrected chi connectivity index (χ3v) is 5.15. The molecule has 0 saturated carbocycles. The fourth-order valence-corrected chi connectivity index (χ4v) is 4.09. The molecule has 4 N–H and O–H groups in total. The van der Waals surface area contributed by atoms with Gasteiger partial charge in [-0.1, -0.05) is 20.4 Å². The number of carbonyl (C=O) groups excluding carboxylic acids is 1. The van der Waals surface area contributed by atoms with E-state index in [0.717, 1.165) is 28.9 Å². The number of anilines is 1. The van der Waals surface area contributed by atoms with Crippen LogP contribution < -0.4 is 16.2 Å². The lowest BCUT2D eigenvalue weighted by Crippen LogP contribution is -2.28. The molecule has 28 heavy (non-hydrogen) atoms. The molecule has 0 unspecified atom stereocenters. The Bertz CT molecular complexity index is 1010. The van der Waals surface area contributed by atoms with Crippen LogP contribution in [0, 0.1) is 12.3 Å². The molecule has 0 saturated heterocycles. The second kappa shape index (κ2) is 6.86. The maximum Gasteiger partial charge on any atom is 0.165 e. The summed E-state index contributed by atoms with van der Waals surface area (Å²) in [4.78, 5) is 16.9. The van der Waals surface area contributed by atoms with E-state index in [2.05, 4.69) is 30.0 Å². The normalized spacial score (nSPS) is 16.0. The molecule has 6 heteroatoms. The number of nitrogens with zero attached hydrogens (tertiary/aromatic N) is 2. The predicted octanol–water partition coefficient (Wildman–Crippen LogP) is 3.77. The minimum atomic E-state index is -0.0765. The molecule has 1 heterocycles. The van der Waals surface area contributed by atoms with E-state index in [0.29, 0.717) is 29.1 Å². The van der Waals surface area contributed by atoms with Gasteiger partial charge in [0, 0.05) is 35.6 Å². The average molecular weight is 380 g/mol. The number of hydrogen-bond donors (Lipinski definition) is 2. The van der Waals surface area contributed by atoms with Crippen molar-refractivity contribution >= 4 is 17.2 Å². The summed E-state index contributed by atoms with van der Waals surface area (Å²) in [5, 5.41) is 0. The van der Waals surface area contributed by atoms with E-state index in [1.54, 1.807) is 7.11 Å². The van der Waals surface area contributed by atoms with E-state index in [1.807, 2.05) is 32.2 Å². The molecule has 0 bridgehead atoms. The highest BCUT2D eigenvalue weighted by molar-refractivity contribution is 6.06. The number of nitrogens with two attached hydrogens (primary N) is 2. The van der Waals surface area contributed by atoms with E-state index >= 15 is 0 Å². The molecular formula is C22H28N4O2. The number of aryl methyl sites for hydroxylation is 1. The first kappa shape index (κ1) is 19.7. The molecule has 0 aliphatic heterocycles. The average Bonchev–Trinajstić information content (AvgIpc) is 2.88. The van der Waals surface area contributed by atoms with Crippen molar-refractivity contribution in [2.75, 3.05) is 12.8 Å². The number of hydrogen-bond acceptors (Lipinski definition) is 5.